The van der Waals surface area contributed by atoms with Gasteiger partial charge in [-0.15, -0.1) is 0 Å². The zero-order valence-electron chi connectivity index (χ0n) is 13.1. The van der Waals surface area contributed by atoms with Crippen molar-refractivity contribution in [1.82, 2.24) is 5.32 Å². The number of rotatable bonds is 4. The smallest absolute Gasteiger partial charge is 0.408 e. The highest BCUT2D eigenvalue weighted by molar-refractivity contribution is 9.18. The molecule has 0 aromatic carbocycles. The van der Waals surface area contributed by atoms with Crippen LogP contribution in [0.25, 0.3) is 0 Å². The van der Waals surface area contributed by atoms with Gasteiger partial charge >= 0.3 is 12.1 Å². The second-order valence-electron chi connectivity index (χ2n) is 6.44. The minimum absolute atomic E-state index is 0.183. The summed E-state index contributed by atoms with van der Waals surface area (Å²) in [4.78, 5) is 29.6. The highest BCUT2D eigenvalue weighted by Gasteiger charge is 2.67. The molecule has 1 aliphatic heterocycles. The van der Waals surface area contributed by atoms with E-state index in [-0.39, 0.29) is 18.6 Å². The number of hydrogen-bond acceptors (Lipinski definition) is 6. The van der Waals surface area contributed by atoms with Crippen molar-refractivity contribution >= 4 is 32.6 Å². The molecule has 0 spiro atoms. The van der Waals surface area contributed by atoms with E-state index in [1.165, 1.54) is 0 Å². The predicted octanol–water partition coefficient (Wildman–Crippen LogP) is 2.33. The zero-order valence-corrected chi connectivity index (χ0v) is 14.7. The van der Waals surface area contributed by atoms with Crippen molar-refractivity contribution in [3.05, 3.63) is 0 Å². The average Bonchev–Trinajstić information content (AvgIpc) is 2.92. The van der Waals surface area contributed by atoms with Crippen LogP contribution in [-0.2, 0) is 19.1 Å². The minimum Gasteiger partial charge on any atom is -0.464 e. The molecule has 1 amide bonds. The SMILES string of the molecule is CCOC(=O)[C@@]1(NC(=O)OC(C)(C)C)C[C@H]1[C@H]1CC(Br)=NO1. The number of carbonyl (C=O) groups is 2. The molecular formula is C14H21BrN2O5. The molecule has 0 bridgehead atoms. The second kappa shape index (κ2) is 6.06. The topological polar surface area (TPSA) is 86.2 Å². The molecule has 2 aliphatic rings. The Balaban J connectivity index is 2.05. The maximum Gasteiger partial charge on any atom is 0.408 e. The molecule has 0 saturated heterocycles. The molecule has 0 aromatic heterocycles. The fraction of sp³-hybridized carbons (Fsp3) is 0.786. The summed E-state index contributed by atoms with van der Waals surface area (Å²) in [6.45, 7) is 7.26. The summed E-state index contributed by atoms with van der Waals surface area (Å²) < 4.78 is 11.0. The zero-order chi connectivity index (χ0) is 16.5. The van der Waals surface area contributed by atoms with Crippen molar-refractivity contribution in [2.75, 3.05) is 6.61 Å². The fourth-order valence-electron chi connectivity index (χ4n) is 2.49. The van der Waals surface area contributed by atoms with E-state index in [2.05, 4.69) is 26.4 Å². The summed E-state index contributed by atoms with van der Waals surface area (Å²) in [5, 5.41) is 6.49. The van der Waals surface area contributed by atoms with E-state index in [0.29, 0.717) is 17.5 Å². The lowest BCUT2D eigenvalue weighted by Gasteiger charge is -2.24. The Labute approximate surface area is 137 Å². The first kappa shape index (κ1) is 17.1. The summed E-state index contributed by atoms with van der Waals surface area (Å²) >= 11 is 3.27. The number of ether oxygens (including phenoxy) is 2. The van der Waals surface area contributed by atoms with E-state index in [0.717, 1.165) is 0 Å². The number of esters is 1. The maximum atomic E-state index is 12.3. The number of carbonyl (C=O) groups excluding carboxylic acids is 2. The number of amides is 1. The van der Waals surface area contributed by atoms with Crippen LogP contribution in [-0.4, -0.2) is 40.5 Å². The van der Waals surface area contributed by atoms with Gasteiger partial charge in [0.25, 0.3) is 0 Å². The number of hydrogen-bond donors (Lipinski definition) is 1. The number of oxime groups is 1. The lowest BCUT2D eigenvalue weighted by atomic mass is 10.1. The predicted molar refractivity (Wildman–Crippen MR) is 82.7 cm³/mol. The van der Waals surface area contributed by atoms with E-state index in [9.17, 15) is 9.59 Å². The first-order valence-electron chi connectivity index (χ1n) is 7.24. The van der Waals surface area contributed by atoms with Gasteiger partial charge in [-0.3, -0.25) is 0 Å². The van der Waals surface area contributed by atoms with Gasteiger partial charge in [0.05, 0.1) is 6.61 Å². The molecular weight excluding hydrogens is 356 g/mol. The van der Waals surface area contributed by atoms with Crippen LogP contribution in [0.2, 0.25) is 0 Å². The second-order valence-corrected chi connectivity index (χ2v) is 7.36. The van der Waals surface area contributed by atoms with E-state index >= 15 is 0 Å². The van der Waals surface area contributed by atoms with Gasteiger partial charge in [0.2, 0.25) is 0 Å². The third-order valence-corrected chi connectivity index (χ3v) is 3.95. The van der Waals surface area contributed by atoms with E-state index in [1.54, 1.807) is 27.7 Å². The molecule has 22 heavy (non-hydrogen) atoms. The third kappa shape index (κ3) is 3.71. The summed E-state index contributed by atoms with van der Waals surface area (Å²) in [7, 11) is 0. The molecule has 1 fully saturated rings. The highest BCUT2D eigenvalue weighted by atomic mass is 79.9. The van der Waals surface area contributed by atoms with Gasteiger partial charge in [-0.05, 0) is 50.0 Å². The van der Waals surface area contributed by atoms with Gasteiger partial charge in [-0.2, -0.15) is 0 Å². The van der Waals surface area contributed by atoms with Crippen LogP contribution < -0.4 is 5.32 Å². The Bertz CT molecular complexity index is 502. The molecule has 8 heteroatoms. The van der Waals surface area contributed by atoms with Crippen molar-refractivity contribution in [2.45, 2.75) is 57.8 Å². The first-order valence-corrected chi connectivity index (χ1v) is 8.04. The number of halogens is 1. The van der Waals surface area contributed by atoms with Crippen molar-refractivity contribution in [2.24, 2.45) is 11.1 Å². The van der Waals surface area contributed by atoms with Crippen molar-refractivity contribution < 1.29 is 23.9 Å². The number of alkyl carbamates (subject to hydrolysis) is 1. The fourth-order valence-corrected chi connectivity index (χ4v) is 2.90. The van der Waals surface area contributed by atoms with E-state index < -0.39 is 23.2 Å². The molecule has 124 valence electrons. The molecule has 0 radical (unpaired) electrons. The van der Waals surface area contributed by atoms with Gasteiger partial charge in [0.15, 0.2) is 0 Å². The van der Waals surface area contributed by atoms with Crippen LogP contribution in [0.4, 0.5) is 4.79 Å². The number of nitrogens with one attached hydrogen (secondary N) is 1. The van der Waals surface area contributed by atoms with Gasteiger partial charge in [-0.1, -0.05) is 5.16 Å². The molecule has 0 aromatic rings. The number of nitrogens with zero attached hydrogens (tertiary/aromatic N) is 1. The largest absolute Gasteiger partial charge is 0.464 e. The molecule has 3 atom stereocenters. The Morgan fingerprint density at radius 1 is 1.50 bits per heavy atom. The van der Waals surface area contributed by atoms with Crippen molar-refractivity contribution in [1.29, 1.82) is 0 Å². The molecule has 1 heterocycles. The van der Waals surface area contributed by atoms with Gasteiger partial charge < -0.3 is 19.6 Å². The van der Waals surface area contributed by atoms with Crippen LogP contribution in [0.15, 0.2) is 5.16 Å². The van der Waals surface area contributed by atoms with Crippen LogP contribution >= 0.6 is 15.9 Å². The normalized spacial score (nSPS) is 30.1. The molecule has 0 unspecified atom stereocenters. The van der Waals surface area contributed by atoms with Gasteiger partial charge in [-0.25, -0.2) is 9.59 Å². The van der Waals surface area contributed by atoms with Crippen LogP contribution in [0.5, 0.6) is 0 Å². The monoisotopic (exact) mass is 376 g/mol. The quantitative estimate of drug-likeness (QED) is 0.760. The molecule has 2 rings (SSSR count). The standard InChI is InChI=1S/C14H21BrN2O5/c1-5-20-11(18)14(16-12(19)21-13(2,3)4)7-8(14)9-6-10(15)17-22-9/h8-9H,5-7H2,1-4H3,(H,16,19)/t8-,9+,14+/m0/s1. The third-order valence-electron chi connectivity index (χ3n) is 3.48. The van der Waals surface area contributed by atoms with Crippen molar-refractivity contribution in [3.8, 4) is 0 Å². The summed E-state index contributed by atoms with van der Waals surface area (Å²) in [5.41, 5.74) is -1.73. The Hall–Kier alpha value is -1.31. The molecule has 7 nitrogen and oxygen atoms in total. The van der Waals surface area contributed by atoms with Gasteiger partial charge in [0, 0.05) is 12.3 Å². The summed E-state index contributed by atoms with van der Waals surface area (Å²) in [6.07, 6.45) is 0.127. The van der Waals surface area contributed by atoms with E-state index in [4.69, 9.17) is 14.3 Å². The Morgan fingerprint density at radius 3 is 2.68 bits per heavy atom. The minimum atomic E-state index is -1.09. The lowest BCUT2D eigenvalue weighted by Crippen LogP contribution is -2.49. The first-order chi connectivity index (χ1) is 10.2. The Morgan fingerprint density at radius 2 is 2.18 bits per heavy atom. The van der Waals surface area contributed by atoms with Gasteiger partial charge in [0.1, 0.15) is 21.9 Å². The molecule has 1 N–H and O–H groups in total. The van der Waals surface area contributed by atoms with Crippen molar-refractivity contribution in [3.63, 3.8) is 0 Å². The lowest BCUT2D eigenvalue weighted by molar-refractivity contribution is -0.148. The van der Waals surface area contributed by atoms with Crippen LogP contribution in [0, 0.1) is 5.92 Å². The highest BCUT2D eigenvalue weighted by Crippen LogP contribution is 2.50. The summed E-state index contributed by atoms with van der Waals surface area (Å²) in [6, 6.07) is 0. The Kier molecular flexibility index (Phi) is 4.70. The summed E-state index contributed by atoms with van der Waals surface area (Å²) in [5.74, 6) is -0.643. The molecule has 1 aliphatic carbocycles. The van der Waals surface area contributed by atoms with Crippen LogP contribution in [0.3, 0.4) is 0 Å². The maximum absolute atomic E-state index is 12.3. The molecule has 1 saturated carbocycles. The average molecular weight is 377 g/mol. The van der Waals surface area contributed by atoms with Crippen LogP contribution in [0.1, 0.15) is 40.5 Å². The van der Waals surface area contributed by atoms with E-state index in [1.807, 2.05) is 0 Å².